The smallest absolute Gasteiger partial charge is 0.0595 e. The normalized spacial score (nSPS) is 10.2. The van der Waals surface area contributed by atoms with E-state index in [0.717, 1.165) is 23.0 Å². The van der Waals surface area contributed by atoms with Crippen LogP contribution in [0.1, 0.15) is 0 Å². The summed E-state index contributed by atoms with van der Waals surface area (Å²) in [5, 5.41) is 0.976. The number of fused-ring (bicyclic) bond motifs is 1. The average Bonchev–Trinajstić information content (AvgIpc) is 2.38. The third-order valence-electron chi connectivity index (χ3n) is 2.71. The van der Waals surface area contributed by atoms with Crippen LogP contribution in [0.4, 0.5) is 8.78 Å². The molecule has 2 aromatic carbocycles. The number of rotatable bonds is 1. The molecule has 0 fully saturated rings. The Kier molecular flexibility index (Phi) is 4.03. The summed E-state index contributed by atoms with van der Waals surface area (Å²) in [6, 6.07) is 15.6. The molecule has 0 saturated heterocycles. The Bertz CT molecular complexity index is 728. The van der Waals surface area contributed by atoms with E-state index in [1.54, 1.807) is 6.07 Å². The molecule has 3 aromatic rings. The maximum Gasteiger partial charge on any atom is 0.0595 e. The molecule has 0 saturated carbocycles. The van der Waals surface area contributed by atoms with Crippen LogP contribution in [0.3, 0.4) is 0 Å². The quantitative estimate of drug-likeness (QED) is 0.531. The Morgan fingerprint density at radius 3 is 2.58 bits per heavy atom. The zero-order chi connectivity index (χ0) is 12.5. The molecule has 0 amide bonds. The van der Waals surface area contributed by atoms with Crippen molar-refractivity contribution in [2.45, 2.75) is 0 Å². The van der Waals surface area contributed by atoms with Crippen LogP contribution in [0.2, 0.25) is 0 Å². The third kappa shape index (κ3) is 2.70. The fourth-order valence-corrected chi connectivity index (χ4v) is 1.85. The van der Waals surface area contributed by atoms with Gasteiger partial charge in [0.15, 0.2) is 0 Å². The van der Waals surface area contributed by atoms with Gasteiger partial charge in [-0.25, -0.2) is 0 Å². The van der Waals surface area contributed by atoms with Gasteiger partial charge in [-0.3, -0.25) is 13.8 Å². The van der Waals surface area contributed by atoms with Gasteiger partial charge in [-0.15, -0.1) is 12.1 Å². The zero-order valence-electron chi connectivity index (χ0n) is 9.66. The average molecular weight is 432 g/mol. The Labute approximate surface area is 122 Å². The second kappa shape index (κ2) is 5.55. The molecule has 0 aliphatic carbocycles. The van der Waals surface area contributed by atoms with Gasteiger partial charge in [-0.1, -0.05) is 42.0 Å². The number of pyridine rings is 1. The van der Waals surface area contributed by atoms with Crippen LogP contribution >= 0.6 is 0 Å². The van der Waals surface area contributed by atoms with Crippen molar-refractivity contribution >= 4 is 10.9 Å². The van der Waals surface area contributed by atoms with Crippen molar-refractivity contribution in [2.75, 3.05) is 0 Å². The van der Waals surface area contributed by atoms with Gasteiger partial charge in [0.05, 0.1) is 5.52 Å². The van der Waals surface area contributed by atoms with E-state index in [-0.39, 0.29) is 25.7 Å². The number of hydrogen-bond acceptors (Lipinski definition) is 1. The molecule has 4 heteroatoms. The summed E-state index contributed by atoms with van der Waals surface area (Å²) < 4.78 is 26.4. The van der Waals surface area contributed by atoms with E-state index in [1.165, 1.54) is 0 Å². The van der Waals surface area contributed by atoms with E-state index in [0.29, 0.717) is 5.69 Å². The summed E-state index contributed by atoms with van der Waals surface area (Å²) in [5.74, 6) is -1.30. The van der Waals surface area contributed by atoms with Gasteiger partial charge in [0.25, 0.3) is 0 Å². The van der Waals surface area contributed by atoms with Crippen LogP contribution < -0.4 is 0 Å². The molecule has 0 atom stereocenters. The number of benzene rings is 2. The Balaban J connectivity index is 0.00000133. The number of halogens is 2. The first-order valence-electron chi connectivity index (χ1n) is 5.47. The second-order valence-corrected chi connectivity index (χ2v) is 3.93. The minimum atomic E-state index is -0.655. The first-order chi connectivity index (χ1) is 8.74. The SMILES string of the molecule is Fc1c[c-]c(-c2ccc3ccccc3n2)c(F)c1.[Ir]. The minimum absolute atomic E-state index is 0. The van der Waals surface area contributed by atoms with Crippen LogP contribution in [0.15, 0.2) is 48.5 Å². The summed E-state index contributed by atoms with van der Waals surface area (Å²) in [7, 11) is 0. The molecule has 3 rings (SSSR count). The monoisotopic (exact) mass is 433 g/mol. The predicted molar refractivity (Wildman–Crippen MR) is 65.9 cm³/mol. The summed E-state index contributed by atoms with van der Waals surface area (Å²) in [4.78, 5) is 4.34. The molecule has 0 bridgehead atoms. The van der Waals surface area contributed by atoms with Crippen LogP contribution in [0.5, 0.6) is 0 Å². The van der Waals surface area contributed by atoms with Gasteiger partial charge < -0.3 is 0 Å². The molecular weight excluding hydrogens is 424 g/mol. The van der Waals surface area contributed by atoms with Gasteiger partial charge in [0, 0.05) is 31.7 Å². The van der Waals surface area contributed by atoms with Gasteiger partial charge in [-0.2, -0.15) is 0 Å². The molecule has 1 aromatic heterocycles. The van der Waals surface area contributed by atoms with E-state index >= 15 is 0 Å². The molecule has 19 heavy (non-hydrogen) atoms. The molecule has 1 radical (unpaired) electrons. The molecule has 0 unspecified atom stereocenters. The number of hydrogen-bond donors (Lipinski definition) is 0. The van der Waals surface area contributed by atoms with Crippen molar-refractivity contribution in [3.05, 3.63) is 66.2 Å². The van der Waals surface area contributed by atoms with Crippen molar-refractivity contribution in [2.24, 2.45) is 0 Å². The van der Waals surface area contributed by atoms with Crippen LogP contribution in [0.25, 0.3) is 22.2 Å². The first-order valence-corrected chi connectivity index (χ1v) is 5.47. The number of aromatic nitrogens is 1. The van der Waals surface area contributed by atoms with Gasteiger partial charge in [0.1, 0.15) is 0 Å². The van der Waals surface area contributed by atoms with E-state index in [4.69, 9.17) is 0 Å². The predicted octanol–water partition coefficient (Wildman–Crippen LogP) is 3.98. The Morgan fingerprint density at radius 1 is 1.00 bits per heavy atom. The molecule has 0 N–H and O–H groups in total. The van der Waals surface area contributed by atoms with Crippen LogP contribution in [-0.2, 0) is 20.1 Å². The van der Waals surface area contributed by atoms with Gasteiger partial charge in [0.2, 0.25) is 0 Å². The van der Waals surface area contributed by atoms with E-state index in [1.807, 2.05) is 30.3 Å². The molecule has 1 heterocycles. The number of nitrogens with zero attached hydrogens (tertiary/aromatic N) is 1. The summed E-state index contributed by atoms with van der Waals surface area (Å²) in [5.41, 5.74) is 1.40. The number of para-hydroxylation sites is 1. The zero-order valence-corrected chi connectivity index (χ0v) is 12.1. The van der Waals surface area contributed by atoms with Crippen molar-refractivity contribution in [1.29, 1.82) is 0 Å². The minimum Gasteiger partial charge on any atom is -0.296 e. The van der Waals surface area contributed by atoms with Crippen molar-refractivity contribution in [1.82, 2.24) is 4.98 Å². The van der Waals surface area contributed by atoms with E-state index < -0.39 is 11.6 Å². The van der Waals surface area contributed by atoms with Gasteiger partial charge in [-0.05, 0) is 17.1 Å². The van der Waals surface area contributed by atoms with Gasteiger partial charge >= 0.3 is 0 Å². The molecule has 0 spiro atoms. The standard InChI is InChI=1S/C15H8F2N.Ir/c16-11-6-7-12(13(17)9-11)15-8-5-10-3-1-2-4-14(10)18-15;/h1-6,8-9H;/q-1;. The van der Waals surface area contributed by atoms with Crippen molar-refractivity contribution in [3.63, 3.8) is 0 Å². The Hall–Kier alpha value is -1.64. The summed E-state index contributed by atoms with van der Waals surface area (Å²) in [6.07, 6.45) is 0. The molecule has 97 valence electrons. The molecule has 1 nitrogen and oxygen atoms in total. The second-order valence-electron chi connectivity index (χ2n) is 3.93. The molecule has 0 aliphatic rings. The molecule has 0 aliphatic heterocycles. The van der Waals surface area contributed by atoms with Crippen molar-refractivity contribution in [3.8, 4) is 11.3 Å². The fraction of sp³-hybridized carbons (Fsp3) is 0. The summed E-state index contributed by atoms with van der Waals surface area (Å²) >= 11 is 0. The Morgan fingerprint density at radius 2 is 1.79 bits per heavy atom. The fourth-order valence-electron chi connectivity index (χ4n) is 1.85. The first kappa shape index (κ1) is 13.8. The maximum absolute atomic E-state index is 13.6. The van der Waals surface area contributed by atoms with Crippen LogP contribution in [0, 0.1) is 17.7 Å². The third-order valence-corrected chi connectivity index (χ3v) is 2.71. The van der Waals surface area contributed by atoms with E-state index in [9.17, 15) is 8.78 Å². The van der Waals surface area contributed by atoms with E-state index in [2.05, 4.69) is 11.1 Å². The van der Waals surface area contributed by atoms with Crippen LogP contribution in [-0.4, -0.2) is 4.98 Å². The molecular formula is C15H8F2IrN-. The van der Waals surface area contributed by atoms with Crippen molar-refractivity contribution < 1.29 is 28.9 Å². The maximum atomic E-state index is 13.6. The largest absolute Gasteiger partial charge is 0.296 e. The topological polar surface area (TPSA) is 12.9 Å². The summed E-state index contributed by atoms with van der Waals surface area (Å²) in [6.45, 7) is 0.